The molecule has 3 nitrogen and oxygen atoms in total. The summed E-state index contributed by atoms with van der Waals surface area (Å²) in [6.45, 7) is 0.548. The largest absolute Gasteiger partial charge is 0.391 e. The second-order valence-electron chi connectivity index (χ2n) is 6.01. The first-order valence-corrected chi connectivity index (χ1v) is 7.89. The Morgan fingerprint density at radius 3 is 2.61 bits per heavy atom. The number of hydrogen-bond acceptors (Lipinski definition) is 2. The van der Waals surface area contributed by atoms with Gasteiger partial charge in [0, 0.05) is 6.54 Å². The van der Waals surface area contributed by atoms with Crippen LogP contribution in [0.3, 0.4) is 0 Å². The van der Waals surface area contributed by atoms with Crippen molar-refractivity contribution in [3.05, 3.63) is 71.5 Å². The highest BCUT2D eigenvalue weighted by molar-refractivity contribution is 5.79. The van der Waals surface area contributed by atoms with Gasteiger partial charge >= 0.3 is 0 Å². The van der Waals surface area contributed by atoms with Crippen molar-refractivity contribution in [3.8, 4) is 0 Å². The van der Waals surface area contributed by atoms with E-state index in [1.165, 1.54) is 12.1 Å². The molecule has 1 fully saturated rings. The van der Waals surface area contributed by atoms with Crippen molar-refractivity contribution >= 4 is 5.91 Å². The van der Waals surface area contributed by atoms with E-state index in [4.69, 9.17) is 0 Å². The second kappa shape index (κ2) is 6.92. The molecule has 2 atom stereocenters. The lowest BCUT2D eigenvalue weighted by atomic mass is 10.0. The van der Waals surface area contributed by atoms with Crippen LogP contribution in [0.25, 0.3) is 0 Å². The molecule has 0 radical (unpaired) electrons. The number of likely N-dealkylation sites (tertiary alicyclic amines) is 1. The van der Waals surface area contributed by atoms with E-state index in [9.17, 15) is 14.3 Å². The predicted octanol–water partition coefficient (Wildman–Crippen LogP) is 2.57. The van der Waals surface area contributed by atoms with Gasteiger partial charge in [-0.3, -0.25) is 4.79 Å². The molecule has 1 amide bonds. The Labute approximate surface area is 135 Å². The summed E-state index contributed by atoms with van der Waals surface area (Å²) in [6, 6.07) is 15.8. The average Bonchev–Trinajstić information content (AvgIpc) is 2.89. The van der Waals surface area contributed by atoms with Gasteiger partial charge in [-0.1, -0.05) is 42.5 Å². The third kappa shape index (κ3) is 3.77. The quantitative estimate of drug-likeness (QED) is 0.942. The Kier molecular flexibility index (Phi) is 4.72. The molecule has 1 N–H and O–H groups in total. The lowest BCUT2D eigenvalue weighted by Crippen LogP contribution is -2.41. The van der Waals surface area contributed by atoms with E-state index in [-0.39, 0.29) is 24.2 Å². The zero-order valence-electron chi connectivity index (χ0n) is 12.9. The van der Waals surface area contributed by atoms with Gasteiger partial charge in [0.25, 0.3) is 0 Å². The van der Waals surface area contributed by atoms with Gasteiger partial charge in [0.05, 0.1) is 18.6 Å². The van der Waals surface area contributed by atoms with Gasteiger partial charge in [-0.05, 0) is 36.1 Å². The molecule has 2 aromatic carbocycles. The van der Waals surface area contributed by atoms with Crippen LogP contribution in [0.4, 0.5) is 4.39 Å². The van der Waals surface area contributed by atoms with E-state index in [0.29, 0.717) is 24.9 Å². The molecule has 0 unspecified atom stereocenters. The summed E-state index contributed by atoms with van der Waals surface area (Å²) in [5, 5.41) is 10.2. The molecular formula is C19H20FNO2. The van der Waals surface area contributed by atoms with Gasteiger partial charge in [0.1, 0.15) is 5.82 Å². The predicted molar refractivity (Wildman–Crippen MR) is 86.4 cm³/mol. The molecule has 0 spiro atoms. The molecule has 1 aliphatic rings. The Balaban J connectivity index is 1.71. The number of hydrogen-bond donors (Lipinski definition) is 1. The Hall–Kier alpha value is -2.20. The zero-order valence-corrected chi connectivity index (χ0v) is 12.9. The van der Waals surface area contributed by atoms with E-state index < -0.39 is 6.10 Å². The maximum Gasteiger partial charge on any atom is 0.227 e. The van der Waals surface area contributed by atoms with E-state index in [1.807, 2.05) is 30.3 Å². The molecule has 2 aromatic rings. The van der Waals surface area contributed by atoms with Crippen molar-refractivity contribution in [2.45, 2.75) is 31.4 Å². The minimum Gasteiger partial charge on any atom is -0.391 e. The van der Waals surface area contributed by atoms with Gasteiger partial charge in [-0.2, -0.15) is 0 Å². The molecule has 0 aliphatic carbocycles. The summed E-state index contributed by atoms with van der Waals surface area (Å²) < 4.78 is 13.3. The van der Waals surface area contributed by atoms with E-state index in [2.05, 4.69) is 0 Å². The highest BCUT2D eigenvalue weighted by Crippen LogP contribution is 2.23. The third-order valence-electron chi connectivity index (χ3n) is 4.36. The van der Waals surface area contributed by atoms with Crippen LogP contribution >= 0.6 is 0 Å². The summed E-state index contributed by atoms with van der Waals surface area (Å²) in [5.74, 6) is -0.398. The number of rotatable bonds is 4. The molecule has 0 saturated carbocycles. The van der Waals surface area contributed by atoms with Crippen LogP contribution in [0.2, 0.25) is 0 Å². The van der Waals surface area contributed by atoms with Crippen molar-refractivity contribution in [3.63, 3.8) is 0 Å². The van der Waals surface area contributed by atoms with Gasteiger partial charge in [0.15, 0.2) is 0 Å². The Morgan fingerprint density at radius 1 is 1.13 bits per heavy atom. The summed E-state index contributed by atoms with van der Waals surface area (Å²) in [4.78, 5) is 14.3. The van der Waals surface area contributed by atoms with Crippen LogP contribution in [0.1, 0.15) is 17.5 Å². The fraction of sp³-hybridized carbons (Fsp3) is 0.316. The summed E-state index contributed by atoms with van der Waals surface area (Å²) in [5.41, 5.74) is 1.76. The number of aliphatic hydroxyl groups excluding tert-OH is 1. The molecule has 3 rings (SSSR count). The number of carbonyl (C=O) groups excluding carboxylic acids is 1. The highest BCUT2D eigenvalue weighted by atomic mass is 19.1. The van der Waals surface area contributed by atoms with Crippen LogP contribution < -0.4 is 0 Å². The first-order chi connectivity index (χ1) is 11.1. The number of carbonyl (C=O) groups is 1. The molecule has 4 heteroatoms. The molecule has 1 saturated heterocycles. The third-order valence-corrected chi connectivity index (χ3v) is 4.36. The minimum atomic E-state index is -0.508. The number of benzene rings is 2. The number of amides is 1. The van der Waals surface area contributed by atoms with E-state index >= 15 is 0 Å². The lowest BCUT2D eigenvalue weighted by molar-refractivity contribution is -0.132. The number of halogens is 1. The van der Waals surface area contributed by atoms with E-state index in [1.54, 1.807) is 17.0 Å². The smallest absolute Gasteiger partial charge is 0.227 e. The SMILES string of the molecule is O=C(Cc1cccc(F)c1)N1CC[C@@H](O)[C@@H]1Cc1ccccc1. The first kappa shape index (κ1) is 15.7. The van der Waals surface area contributed by atoms with Crippen molar-refractivity contribution in [2.75, 3.05) is 6.54 Å². The van der Waals surface area contributed by atoms with Gasteiger partial charge in [-0.25, -0.2) is 4.39 Å². The molecule has 0 aromatic heterocycles. The van der Waals surface area contributed by atoms with Crippen molar-refractivity contribution in [1.82, 2.24) is 4.90 Å². The van der Waals surface area contributed by atoms with Crippen LogP contribution in [-0.2, 0) is 17.6 Å². The fourth-order valence-corrected chi connectivity index (χ4v) is 3.17. The molecule has 1 aliphatic heterocycles. The number of aliphatic hydroxyl groups is 1. The topological polar surface area (TPSA) is 40.5 Å². The summed E-state index contributed by atoms with van der Waals surface area (Å²) in [7, 11) is 0. The minimum absolute atomic E-state index is 0.0620. The molecule has 1 heterocycles. The Morgan fingerprint density at radius 2 is 1.87 bits per heavy atom. The van der Waals surface area contributed by atoms with Crippen LogP contribution in [0.5, 0.6) is 0 Å². The zero-order chi connectivity index (χ0) is 16.2. The van der Waals surface area contributed by atoms with Crippen LogP contribution in [-0.4, -0.2) is 34.6 Å². The highest BCUT2D eigenvalue weighted by Gasteiger charge is 2.35. The van der Waals surface area contributed by atoms with Crippen molar-refractivity contribution in [1.29, 1.82) is 0 Å². The van der Waals surface area contributed by atoms with Crippen LogP contribution in [0, 0.1) is 5.82 Å². The molecule has 0 bridgehead atoms. The van der Waals surface area contributed by atoms with Crippen molar-refractivity contribution in [2.24, 2.45) is 0 Å². The van der Waals surface area contributed by atoms with Crippen LogP contribution in [0.15, 0.2) is 54.6 Å². The fourth-order valence-electron chi connectivity index (χ4n) is 3.17. The summed E-state index contributed by atoms with van der Waals surface area (Å²) in [6.07, 6.45) is 0.880. The van der Waals surface area contributed by atoms with Crippen molar-refractivity contribution < 1.29 is 14.3 Å². The maximum atomic E-state index is 13.3. The monoisotopic (exact) mass is 313 g/mol. The first-order valence-electron chi connectivity index (χ1n) is 7.89. The van der Waals surface area contributed by atoms with Gasteiger partial charge in [-0.15, -0.1) is 0 Å². The Bertz CT molecular complexity index is 674. The molecule has 23 heavy (non-hydrogen) atoms. The standard InChI is InChI=1S/C19H20FNO2/c20-16-8-4-7-15(11-16)13-19(23)21-10-9-18(22)17(21)12-14-5-2-1-3-6-14/h1-8,11,17-18,22H,9-10,12-13H2/t17-,18+/m0/s1. The molecular weight excluding hydrogens is 293 g/mol. The number of nitrogens with zero attached hydrogens (tertiary/aromatic N) is 1. The molecule has 120 valence electrons. The normalized spacial score (nSPS) is 20.7. The maximum absolute atomic E-state index is 13.3. The van der Waals surface area contributed by atoms with Gasteiger partial charge < -0.3 is 10.0 Å². The van der Waals surface area contributed by atoms with Gasteiger partial charge in [0.2, 0.25) is 5.91 Å². The average molecular weight is 313 g/mol. The lowest BCUT2D eigenvalue weighted by Gasteiger charge is -2.26. The van der Waals surface area contributed by atoms with E-state index in [0.717, 1.165) is 5.56 Å². The second-order valence-corrected chi connectivity index (χ2v) is 6.01. The summed E-state index contributed by atoms with van der Waals surface area (Å²) >= 11 is 0.